The molecule has 0 fully saturated rings. The first-order valence-electron chi connectivity index (χ1n) is 6.36. The van der Waals surface area contributed by atoms with Gasteiger partial charge in [-0.2, -0.15) is 5.10 Å². The van der Waals surface area contributed by atoms with Gasteiger partial charge < -0.3 is 0 Å². The second-order valence-electron chi connectivity index (χ2n) is 5.45. The summed E-state index contributed by atoms with van der Waals surface area (Å²) in [6.45, 7) is 6.61. The zero-order valence-corrected chi connectivity index (χ0v) is 11.6. The molecule has 0 radical (unpaired) electrons. The van der Waals surface area contributed by atoms with E-state index in [0.717, 1.165) is 11.4 Å². The Hall–Kier alpha value is -2.16. The Balaban J connectivity index is 1.99. The van der Waals surface area contributed by atoms with E-state index in [1.807, 2.05) is 30.3 Å². The summed E-state index contributed by atoms with van der Waals surface area (Å²) in [6, 6.07) is 14.1. The highest BCUT2D eigenvalue weighted by Gasteiger charge is 2.12. The van der Waals surface area contributed by atoms with E-state index in [4.69, 9.17) is 0 Å². The van der Waals surface area contributed by atoms with Crippen molar-refractivity contribution < 1.29 is 0 Å². The highest BCUT2D eigenvalue weighted by Crippen LogP contribution is 2.23. The fourth-order valence-corrected chi connectivity index (χ4v) is 1.67. The van der Waals surface area contributed by atoms with Gasteiger partial charge in [-0.15, -0.1) is 0 Å². The molecule has 0 amide bonds. The van der Waals surface area contributed by atoms with Gasteiger partial charge in [0.25, 0.3) is 0 Å². The van der Waals surface area contributed by atoms with Crippen molar-refractivity contribution in [1.29, 1.82) is 0 Å². The Bertz CT molecular complexity index is 536. The molecule has 0 saturated heterocycles. The van der Waals surface area contributed by atoms with Crippen LogP contribution in [0.4, 0.5) is 5.69 Å². The third-order valence-electron chi connectivity index (χ3n) is 2.83. The van der Waals surface area contributed by atoms with Crippen molar-refractivity contribution in [1.82, 2.24) is 4.98 Å². The molecule has 2 rings (SSSR count). The molecule has 98 valence electrons. The Morgan fingerprint density at radius 1 is 1.05 bits per heavy atom. The summed E-state index contributed by atoms with van der Waals surface area (Å²) in [7, 11) is 0. The van der Waals surface area contributed by atoms with Crippen LogP contribution in [0.5, 0.6) is 0 Å². The monoisotopic (exact) mass is 253 g/mol. The van der Waals surface area contributed by atoms with Crippen LogP contribution in [0, 0.1) is 0 Å². The summed E-state index contributed by atoms with van der Waals surface area (Å²) in [4.78, 5) is 4.17. The van der Waals surface area contributed by atoms with Gasteiger partial charge in [0, 0.05) is 6.20 Å². The Morgan fingerprint density at radius 3 is 2.37 bits per heavy atom. The number of aromatic nitrogens is 1. The van der Waals surface area contributed by atoms with Gasteiger partial charge in [-0.25, -0.2) is 0 Å². The van der Waals surface area contributed by atoms with Crippen LogP contribution in [0.1, 0.15) is 32.0 Å². The van der Waals surface area contributed by atoms with Crippen LogP contribution >= 0.6 is 0 Å². The van der Waals surface area contributed by atoms with E-state index in [2.05, 4.69) is 48.4 Å². The predicted octanol–water partition coefficient (Wildman–Crippen LogP) is 3.83. The van der Waals surface area contributed by atoms with E-state index in [-0.39, 0.29) is 5.41 Å². The van der Waals surface area contributed by atoms with Crippen LogP contribution in [-0.4, -0.2) is 11.2 Å². The number of nitrogens with one attached hydrogen (secondary N) is 1. The van der Waals surface area contributed by atoms with Gasteiger partial charge in [0.15, 0.2) is 0 Å². The molecule has 0 saturated carbocycles. The summed E-state index contributed by atoms with van der Waals surface area (Å²) < 4.78 is 0. The van der Waals surface area contributed by atoms with Crippen molar-refractivity contribution in [2.75, 3.05) is 5.43 Å². The molecule has 1 N–H and O–H groups in total. The van der Waals surface area contributed by atoms with Crippen LogP contribution in [0.15, 0.2) is 53.8 Å². The van der Waals surface area contributed by atoms with E-state index in [1.54, 1.807) is 12.4 Å². The van der Waals surface area contributed by atoms with Crippen molar-refractivity contribution in [3.05, 3.63) is 59.9 Å². The number of hydrazone groups is 1. The first kappa shape index (κ1) is 13.3. The van der Waals surface area contributed by atoms with Gasteiger partial charge in [0.2, 0.25) is 0 Å². The van der Waals surface area contributed by atoms with Crippen molar-refractivity contribution in [3.8, 4) is 0 Å². The summed E-state index contributed by atoms with van der Waals surface area (Å²) in [5.74, 6) is 0. The molecule has 0 atom stereocenters. The lowest BCUT2D eigenvalue weighted by Crippen LogP contribution is -2.10. The largest absolute Gasteiger partial charge is 0.278 e. The van der Waals surface area contributed by atoms with Gasteiger partial charge in [-0.05, 0) is 35.2 Å². The van der Waals surface area contributed by atoms with Crippen LogP contribution in [-0.2, 0) is 5.41 Å². The lowest BCUT2D eigenvalue weighted by atomic mass is 9.87. The van der Waals surface area contributed by atoms with E-state index in [0.29, 0.717) is 0 Å². The first-order chi connectivity index (χ1) is 9.05. The van der Waals surface area contributed by atoms with Crippen molar-refractivity contribution in [2.45, 2.75) is 26.2 Å². The maximum atomic E-state index is 4.17. The smallest absolute Gasteiger partial charge is 0.0830 e. The summed E-state index contributed by atoms with van der Waals surface area (Å²) in [6.07, 6.45) is 3.46. The summed E-state index contributed by atoms with van der Waals surface area (Å²) in [5, 5.41) is 4.17. The fraction of sp³-hybridized carbons (Fsp3) is 0.250. The molecule has 2 aromatic rings. The van der Waals surface area contributed by atoms with E-state index in [9.17, 15) is 0 Å². The average Bonchev–Trinajstić information content (AvgIpc) is 2.39. The number of pyridine rings is 1. The predicted molar refractivity (Wildman–Crippen MR) is 80.6 cm³/mol. The highest BCUT2D eigenvalue weighted by molar-refractivity contribution is 5.77. The standard InChI is InChI=1S/C16H19N3/c1-16(2,3)13-7-9-14(10-8-13)19-18-12-15-6-4-5-11-17-15/h4-12,19H,1-3H3. The van der Waals surface area contributed by atoms with Gasteiger partial charge >= 0.3 is 0 Å². The minimum absolute atomic E-state index is 0.176. The van der Waals surface area contributed by atoms with Gasteiger partial charge in [-0.3, -0.25) is 10.4 Å². The molecule has 1 aromatic heterocycles. The van der Waals surface area contributed by atoms with E-state index < -0.39 is 0 Å². The molecule has 0 aliphatic carbocycles. The topological polar surface area (TPSA) is 37.3 Å². The van der Waals surface area contributed by atoms with Crippen molar-refractivity contribution in [2.24, 2.45) is 5.10 Å². The van der Waals surface area contributed by atoms with Crippen LogP contribution in [0.25, 0.3) is 0 Å². The molecule has 0 unspecified atom stereocenters. The zero-order chi connectivity index (χ0) is 13.7. The van der Waals surface area contributed by atoms with Crippen LogP contribution in [0.3, 0.4) is 0 Å². The highest BCUT2D eigenvalue weighted by atomic mass is 15.3. The Morgan fingerprint density at radius 2 is 1.79 bits per heavy atom. The van der Waals surface area contributed by atoms with Crippen molar-refractivity contribution in [3.63, 3.8) is 0 Å². The molecule has 3 nitrogen and oxygen atoms in total. The minimum atomic E-state index is 0.176. The van der Waals surface area contributed by atoms with E-state index >= 15 is 0 Å². The number of benzene rings is 1. The molecule has 0 bridgehead atoms. The number of rotatable bonds is 3. The molecule has 1 heterocycles. The Labute approximate surface area is 114 Å². The fourth-order valence-electron chi connectivity index (χ4n) is 1.67. The number of anilines is 1. The van der Waals surface area contributed by atoms with Gasteiger partial charge in [0.1, 0.15) is 0 Å². The van der Waals surface area contributed by atoms with Gasteiger partial charge in [-0.1, -0.05) is 39.0 Å². The van der Waals surface area contributed by atoms with Crippen molar-refractivity contribution >= 4 is 11.9 Å². The SMILES string of the molecule is CC(C)(C)c1ccc(NN=Cc2ccccn2)cc1. The quantitative estimate of drug-likeness (QED) is 0.667. The van der Waals surface area contributed by atoms with Gasteiger partial charge in [0.05, 0.1) is 17.6 Å². The molecule has 0 spiro atoms. The molecule has 3 heteroatoms. The first-order valence-corrected chi connectivity index (χ1v) is 6.36. The molecule has 19 heavy (non-hydrogen) atoms. The number of hydrogen-bond donors (Lipinski definition) is 1. The number of hydrogen-bond acceptors (Lipinski definition) is 3. The molecule has 0 aliphatic heterocycles. The zero-order valence-electron chi connectivity index (χ0n) is 11.6. The summed E-state index contributed by atoms with van der Waals surface area (Å²) >= 11 is 0. The maximum absolute atomic E-state index is 4.17. The second-order valence-corrected chi connectivity index (χ2v) is 5.45. The van der Waals surface area contributed by atoms with E-state index in [1.165, 1.54) is 5.56 Å². The molecule has 0 aliphatic rings. The lowest BCUT2D eigenvalue weighted by Gasteiger charge is -2.18. The third-order valence-corrected chi connectivity index (χ3v) is 2.83. The Kier molecular flexibility index (Phi) is 3.95. The van der Waals surface area contributed by atoms with Crippen LogP contribution in [0.2, 0.25) is 0 Å². The molecular formula is C16H19N3. The van der Waals surface area contributed by atoms with Crippen LogP contribution < -0.4 is 5.43 Å². The maximum Gasteiger partial charge on any atom is 0.0830 e. The third kappa shape index (κ3) is 3.91. The summed E-state index contributed by atoms with van der Waals surface area (Å²) in [5.41, 5.74) is 6.30. The number of nitrogens with zero attached hydrogens (tertiary/aromatic N) is 2. The average molecular weight is 253 g/mol. The lowest BCUT2D eigenvalue weighted by molar-refractivity contribution is 0.590. The molecular weight excluding hydrogens is 234 g/mol. The normalized spacial score (nSPS) is 11.7. The molecule has 1 aromatic carbocycles. The minimum Gasteiger partial charge on any atom is -0.278 e. The second kappa shape index (κ2) is 5.65.